The number of aromatic hydroxyl groups is 1. The number of primary amides is 1. The first kappa shape index (κ1) is 45.1. The molecule has 5 aromatic rings. The molecule has 68 heavy (non-hydrogen) atoms. The molecule has 0 saturated carbocycles. The lowest BCUT2D eigenvalue weighted by Crippen LogP contribution is -2.56. The maximum absolute atomic E-state index is 16.5. The molecule has 3 fully saturated rings. The summed E-state index contributed by atoms with van der Waals surface area (Å²) in [7, 11) is 0. The number of fused-ring (bicyclic) bond motifs is 3. The first-order chi connectivity index (χ1) is 33.0. The van der Waals surface area contributed by atoms with Crippen LogP contribution in [0, 0.1) is 27.9 Å². The smallest absolute Gasteiger partial charge is 0.421 e. The number of carbonyl (C=O) groups excluding carboxylic acids is 5. The average molecular weight is 917 g/mol. The number of phenols is 1. The number of amides is 5. The molecular formula is C52H48N6O10. The SMILES string of the molecule is NC(=O)NCC#Cc1ccc2c(c1)C1(C(=O)N2C(=O)OCc2ccc([N+](=O)[O-])cc2)C(C(=O)N2CCCCCCC2)C2C(=O)OC(c3ccccc3)C(c3ccccc3)N2C1c1ccc(O)cc1. The Hall–Kier alpha value is -8.03. The van der Waals surface area contributed by atoms with Gasteiger partial charge in [-0.1, -0.05) is 104 Å². The first-order valence-electron chi connectivity index (χ1n) is 22.6. The van der Waals surface area contributed by atoms with Gasteiger partial charge >= 0.3 is 18.1 Å². The minimum absolute atomic E-state index is 0.0674. The lowest BCUT2D eigenvalue weighted by molar-refractivity contribution is -0.384. The van der Waals surface area contributed by atoms with Crippen LogP contribution >= 0.6 is 0 Å². The van der Waals surface area contributed by atoms with Gasteiger partial charge in [0, 0.05) is 30.8 Å². The molecule has 3 saturated heterocycles. The van der Waals surface area contributed by atoms with E-state index in [1.807, 2.05) is 65.6 Å². The van der Waals surface area contributed by atoms with Crippen molar-refractivity contribution in [2.45, 2.75) is 68.4 Å². The number of rotatable bonds is 8. The molecule has 9 rings (SSSR count). The number of hydrogen-bond acceptors (Lipinski definition) is 11. The summed E-state index contributed by atoms with van der Waals surface area (Å²) in [6.07, 6.45) is 2.12. The molecule has 6 unspecified atom stereocenters. The number of non-ortho nitro benzene ring substituents is 1. The highest BCUT2D eigenvalue weighted by atomic mass is 16.6. The molecule has 0 bridgehead atoms. The van der Waals surface area contributed by atoms with Crippen molar-refractivity contribution >= 4 is 41.3 Å². The van der Waals surface area contributed by atoms with Crippen LogP contribution in [-0.4, -0.2) is 75.4 Å². The predicted octanol–water partition coefficient (Wildman–Crippen LogP) is 7.12. The van der Waals surface area contributed by atoms with Gasteiger partial charge in [-0.15, -0.1) is 0 Å². The number of carbonyl (C=O) groups is 5. The lowest BCUT2D eigenvalue weighted by atomic mass is 9.64. The maximum Gasteiger partial charge on any atom is 0.421 e. The average Bonchev–Trinajstić information content (AvgIpc) is 3.79. The van der Waals surface area contributed by atoms with Crippen molar-refractivity contribution < 1.29 is 43.5 Å². The van der Waals surface area contributed by atoms with Crippen LogP contribution in [0.15, 0.2) is 127 Å². The van der Waals surface area contributed by atoms with E-state index in [1.165, 1.54) is 36.4 Å². The van der Waals surface area contributed by atoms with E-state index in [-0.39, 0.29) is 35.8 Å². The Kier molecular flexibility index (Phi) is 12.7. The van der Waals surface area contributed by atoms with Gasteiger partial charge in [-0.05, 0) is 83.1 Å². The van der Waals surface area contributed by atoms with Gasteiger partial charge < -0.3 is 30.5 Å². The number of benzene rings is 5. The van der Waals surface area contributed by atoms with E-state index in [2.05, 4.69) is 17.2 Å². The molecule has 1 spiro atoms. The van der Waals surface area contributed by atoms with Gasteiger partial charge in [0.05, 0.1) is 35.2 Å². The second-order valence-corrected chi connectivity index (χ2v) is 17.3. The number of nitrogens with zero attached hydrogens (tertiary/aromatic N) is 4. The molecule has 4 heterocycles. The molecular weight excluding hydrogens is 869 g/mol. The highest BCUT2D eigenvalue weighted by Crippen LogP contribution is 2.66. The van der Waals surface area contributed by atoms with E-state index in [0.29, 0.717) is 48.2 Å². The van der Waals surface area contributed by atoms with Crippen LogP contribution in [0.5, 0.6) is 5.75 Å². The Balaban J connectivity index is 1.30. The maximum atomic E-state index is 16.5. The van der Waals surface area contributed by atoms with E-state index in [9.17, 15) is 24.8 Å². The van der Waals surface area contributed by atoms with Crippen molar-refractivity contribution in [1.29, 1.82) is 0 Å². The predicted molar refractivity (Wildman–Crippen MR) is 247 cm³/mol. The van der Waals surface area contributed by atoms with Crippen molar-refractivity contribution in [3.8, 4) is 17.6 Å². The summed E-state index contributed by atoms with van der Waals surface area (Å²) in [5, 5.41) is 24.6. The van der Waals surface area contributed by atoms with Crippen LogP contribution < -0.4 is 16.0 Å². The number of nitro benzene ring substituents is 1. The molecule has 346 valence electrons. The molecule has 5 aromatic carbocycles. The van der Waals surface area contributed by atoms with Crippen molar-refractivity contribution in [2.75, 3.05) is 24.5 Å². The fourth-order valence-electron chi connectivity index (χ4n) is 10.5. The van der Waals surface area contributed by atoms with E-state index in [1.54, 1.807) is 35.2 Å². The zero-order chi connectivity index (χ0) is 47.5. The normalized spacial score (nSPS) is 23.3. The van der Waals surface area contributed by atoms with Crippen molar-refractivity contribution in [1.82, 2.24) is 15.1 Å². The molecule has 4 aliphatic rings. The number of likely N-dealkylation sites (tertiary alicyclic amines) is 1. The summed E-state index contributed by atoms with van der Waals surface area (Å²) in [6, 6.07) is 30.9. The molecule has 4 N–H and O–H groups in total. The Morgan fingerprint density at radius 2 is 1.47 bits per heavy atom. The number of phenolic OH excluding ortho intramolecular Hbond substituents is 1. The quantitative estimate of drug-likeness (QED) is 0.0617. The number of nitrogens with one attached hydrogen (secondary N) is 1. The molecule has 4 aliphatic heterocycles. The Morgan fingerprint density at radius 1 is 0.824 bits per heavy atom. The molecule has 0 aliphatic carbocycles. The first-order valence-corrected chi connectivity index (χ1v) is 22.6. The third-order valence-corrected chi connectivity index (χ3v) is 13.4. The Morgan fingerprint density at radius 3 is 2.12 bits per heavy atom. The fraction of sp³-hybridized carbons (Fsp3) is 0.288. The van der Waals surface area contributed by atoms with Gasteiger partial charge in [0.2, 0.25) is 11.8 Å². The second-order valence-electron chi connectivity index (χ2n) is 17.3. The number of esters is 1. The van der Waals surface area contributed by atoms with E-state index in [0.717, 1.165) is 29.7 Å². The van der Waals surface area contributed by atoms with Gasteiger partial charge in [0.1, 0.15) is 29.9 Å². The van der Waals surface area contributed by atoms with Crippen molar-refractivity contribution in [3.63, 3.8) is 0 Å². The van der Waals surface area contributed by atoms with Crippen molar-refractivity contribution in [3.05, 3.63) is 171 Å². The third kappa shape index (κ3) is 8.25. The minimum Gasteiger partial charge on any atom is -0.508 e. The largest absolute Gasteiger partial charge is 0.508 e. The van der Waals surface area contributed by atoms with Crippen LogP contribution in [0.2, 0.25) is 0 Å². The number of ether oxygens (including phenoxy) is 2. The number of morpholine rings is 1. The number of urea groups is 1. The topological polar surface area (TPSA) is 215 Å². The van der Waals surface area contributed by atoms with Crippen LogP contribution in [0.1, 0.15) is 83.7 Å². The van der Waals surface area contributed by atoms with Gasteiger partial charge in [-0.2, -0.15) is 0 Å². The summed E-state index contributed by atoms with van der Waals surface area (Å²) in [5.41, 5.74) is 6.00. The number of nitrogens with two attached hydrogens (primary N) is 1. The summed E-state index contributed by atoms with van der Waals surface area (Å²) >= 11 is 0. The van der Waals surface area contributed by atoms with E-state index >= 15 is 14.4 Å². The third-order valence-electron chi connectivity index (χ3n) is 13.4. The van der Waals surface area contributed by atoms with Gasteiger partial charge in [-0.3, -0.25) is 29.4 Å². The molecule has 0 aromatic heterocycles. The second kappa shape index (κ2) is 19.1. The Bertz CT molecular complexity index is 2810. The number of imide groups is 1. The zero-order valence-corrected chi connectivity index (χ0v) is 36.9. The van der Waals surface area contributed by atoms with Gasteiger partial charge in [0.15, 0.2) is 0 Å². The monoisotopic (exact) mass is 916 g/mol. The van der Waals surface area contributed by atoms with Crippen LogP contribution in [0.3, 0.4) is 0 Å². The standard InChI is InChI=1S/C52H48N6O10/c53-50(63)54-28-12-13-33-20-27-41-40(31-33)52(49(62)56(41)51(64)67-32-34-18-23-38(24-19-34)58(65)66)42(47(60)55-29-10-2-1-3-11-30-55)44-48(61)68-45(36-16-8-5-9-17-36)43(35-14-6-4-7-15-35)57(44)46(52)37-21-25-39(59)26-22-37/h4-9,14-27,31,42-46,59H,1-3,10-11,28-30,32H2,(H3,53,54,63). The highest BCUT2D eigenvalue weighted by Gasteiger charge is 2.76. The number of cyclic esters (lactones) is 1. The number of nitro groups is 1. The van der Waals surface area contributed by atoms with Gasteiger partial charge in [0.25, 0.3) is 5.69 Å². The van der Waals surface area contributed by atoms with E-state index in [4.69, 9.17) is 15.2 Å². The minimum atomic E-state index is -2.08. The fourth-order valence-corrected chi connectivity index (χ4v) is 10.5. The van der Waals surface area contributed by atoms with E-state index < -0.39 is 70.4 Å². The Labute approximate surface area is 391 Å². The van der Waals surface area contributed by atoms with Crippen molar-refractivity contribution in [2.24, 2.45) is 11.7 Å². The zero-order valence-electron chi connectivity index (χ0n) is 36.9. The van der Waals surface area contributed by atoms with Crippen LogP contribution in [-0.2, 0) is 35.9 Å². The highest BCUT2D eigenvalue weighted by molar-refractivity contribution is 6.23. The summed E-state index contributed by atoms with van der Waals surface area (Å²) in [5.74, 6) is 2.29. The summed E-state index contributed by atoms with van der Waals surface area (Å²) < 4.78 is 12.4. The number of anilines is 1. The molecule has 0 radical (unpaired) electrons. The summed E-state index contributed by atoms with van der Waals surface area (Å²) in [6.45, 7) is 0.260. The van der Waals surface area contributed by atoms with Crippen LogP contribution in [0.25, 0.3) is 0 Å². The number of hydrogen-bond donors (Lipinski definition) is 3. The summed E-state index contributed by atoms with van der Waals surface area (Å²) in [4.78, 5) is 89.6. The van der Waals surface area contributed by atoms with Gasteiger partial charge in [-0.25, -0.2) is 14.5 Å². The van der Waals surface area contributed by atoms with Crippen LogP contribution in [0.4, 0.5) is 21.0 Å². The molecule has 16 nitrogen and oxygen atoms in total. The molecule has 5 amide bonds. The lowest BCUT2D eigenvalue weighted by Gasteiger charge is -2.46. The molecule has 6 atom stereocenters. The molecule has 16 heteroatoms.